The third kappa shape index (κ3) is 5.03. The van der Waals surface area contributed by atoms with E-state index in [1.807, 2.05) is 6.08 Å². The fourth-order valence-corrected chi connectivity index (χ4v) is 2.82. The summed E-state index contributed by atoms with van der Waals surface area (Å²) in [7, 11) is 0. The minimum Gasteiger partial charge on any atom is -0.258 e. The zero-order chi connectivity index (χ0) is 19.3. The maximum absolute atomic E-state index is 10.7. The van der Waals surface area contributed by atoms with E-state index in [0.29, 0.717) is 11.1 Å². The van der Waals surface area contributed by atoms with Crippen LogP contribution in [0.4, 0.5) is 5.69 Å². The quantitative estimate of drug-likeness (QED) is 0.397. The largest absolute Gasteiger partial charge is 0.269 e. The fraction of sp³-hybridized carbons (Fsp3) is 0.318. The summed E-state index contributed by atoms with van der Waals surface area (Å²) in [5, 5.41) is 20.2. The van der Waals surface area contributed by atoms with Gasteiger partial charge in [0.25, 0.3) is 5.69 Å². The van der Waals surface area contributed by atoms with Gasteiger partial charge in [0.05, 0.1) is 16.6 Å². The van der Waals surface area contributed by atoms with E-state index in [0.717, 1.165) is 6.42 Å². The Labute approximate surface area is 154 Å². The van der Waals surface area contributed by atoms with Crippen molar-refractivity contribution in [1.29, 1.82) is 5.26 Å². The molecule has 0 aliphatic heterocycles. The lowest BCUT2D eigenvalue weighted by Gasteiger charge is -2.19. The molecule has 0 fully saturated rings. The predicted molar refractivity (Wildman–Crippen MR) is 105 cm³/mol. The molecule has 2 rings (SSSR count). The number of benzene rings is 2. The molecule has 4 nitrogen and oxygen atoms in total. The molecule has 4 heteroatoms. The monoisotopic (exact) mass is 348 g/mol. The van der Waals surface area contributed by atoms with Crippen molar-refractivity contribution in [2.75, 3.05) is 0 Å². The first kappa shape index (κ1) is 19.4. The molecule has 0 saturated carbocycles. The maximum atomic E-state index is 10.7. The first-order chi connectivity index (χ1) is 12.2. The number of nitro benzene ring substituents is 1. The molecule has 0 aliphatic rings. The van der Waals surface area contributed by atoms with Crippen LogP contribution in [0, 0.1) is 27.4 Å². The van der Waals surface area contributed by atoms with E-state index in [4.69, 9.17) is 0 Å². The Morgan fingerprint density at radius 2 is 1.73 bits per heavy atom. The second-order valence-corrected chi connectivity index (χ2v) is 7.62. The van der Waals surface area contributed by atoms with E-state index in [9.17, 15) is 15.4 Å². The molecular formula is C22H24N2O2. The molecular weight excluding hydrogens is 324 g/mol. The van der Waals surface area contributed by atoms with Gasteiger partial charge < -0.3 is 0 Å². The zero-order valence-electron chi connectivity index (χ0n) is 15.7. The van der Waals surface area contributed by atoms with Crippen LogP contribution in [-0.4, -0.2) is 4.92 Å². The van der Waals surface area contributed by atoms with Gasteiger partial charge >= 0.3 is 0 Å². The van der Waals surface area contributed by atoms with Crippen LogP contribution < -0.4 is 0 Å². The highest BCUT2D eigenvalue weighted by Crippen LogP contribution is 2.24. The lowest BCUT2D eigenvalue weighted by Crippen LogP contribution is -2.10. The summed E-state index contributed by atoms with van der Waals surface area (Å²) in [5.41, 5.74) is 3.93. The minimum atomic E-state index is -0.441. The molecule has 2 aromatic rings. The SMILES string of the molecule is C[C@H](/C=C(\C#N)c1ccc([N+](=O)[O-])cc1)Cc1ccc(C(C)(C)C)cc1. The Balaban J connectivity index is 2.13. The fourth-order valence-electron chi connectivity index (χ4n) is 2.82. The third-order valence-electron chi connectivity index (χ3n) is 4.34. The second kappa shape index (κ2) is 7.97. The number of nitro groups is 1. The van der Waals surface area contributed by atoms with Gasteiger partial charge in [-0.15, -0.1) is 0 Å². The van der Waals surface area contributed by atoms with Gasteiger partial charge in [0.1, 0.15) is 0 Å². The zero-order valence-corrected chi connectivity index (χ0v) is 15.7. The van der Waals surface area contributed by atoms with Crippen LogP contribution in [0.25, 0.3) is 5.57 Å². The summed E-state index contributed by atoms with van der Waals surface area (Å²) in [6.07, 6.45) is 2.77. The molecule has 0 bridgehead atoms. The van der Waals surface area contributed by atoms with Crippen molar-refractivity contribution in [2.45, 2.75) is 39.5 Å². The van der Waals surface area contributed by atoms with Crippen LogP contribution in [0.1, 0.15) is 44.4 Å². The first-order valence-electron chi connectivity index (χ1n) is 8.67. The number of nitriles is 1. The molecule has 0 radical (unpaired) electrons. The average molecular weight is 348 g/mol. The lowest BCUT2D eigenvalue weighted by molar-refractivity contribution is -0.384. The van der Waals surface area contributed by atoms with Crippen LogP contribution >= 0.6 is 0 Å². The Hall–Kier alpha value is -2.93. The molecule has 26 heavy (non-hydrogen) atoms. The van der Waals surface area contributed by atoms with Crippen LogP contribution in [0.15, 0.2) is 54.6 Å². The molecule has 0 spiro atoms. The van der Waals surface area contributed by atoms with Gasteiger partial charge in [-0.05, 0) is 46.6 Å². The van der Waals surface area contributed by atoms with E-state index in [1.165, 1.54) is 23.3 Å². The first-order valence-corrected chi connectivity index (χ1v) is 8.67. The minimum absolute atomic E-state index is 0.0260. The lowest BCUT2D eigenvalue weighted by atomic mass is 9.86. The van der Waals surface area contributed by atoms with E-state index in [-0.39, 0.29) is 17.0 Å². The molecule has 0 saturated heterocycles. The van der Waals surface area contributed by atoms with E-state index in [2.05, 4.69) is 58.0 Å². The second-order valence-electron chi connectivity index (χ2n) is 7.62. The Morgan fingerprint density at radius 3 is 2.19 bits per heavy atom. The van der Waals surface area contributed by atoms with Gasteiger partial charge in [-0.2, -0.15) is 5.26 Å². The van der Waals surface area contributed by atoms with Gasteiger partial charge in [-0.1, -0.05) is 58.0 Å². The van der Waals surface area contributed by atoms with Crippen molar-refractivity contribution in [3.63, 3.8) is 0 Å². The van der Waals surface area contributed by atoms with E-state index < -0.39 is 4.92 Å². The van der Waals surface area contributed by atoms with E-state index in [1.54, 1.807) is 12.1 Å². The van der Waals surface area contributed by atoms with Crippen molar-refractivity contribution >= 4 is 11.3 Å². The molecule has 0 unspecified atom stereocenters. The maximum Gasteiger partial charge on any atom is 0.269 e. The van der Waals surface area contributed by atoms with Gasteiger partial charge in [0.15, 0.2) is 0 Å². The number of hydrogen-bond acceptors (Lipinski definition) is 3. The standard InChI is InChI=1S/C22H24N2O2/c1-16(13-17-5-9-20(10-6-17)22(2,3)4)14-19(15-23)18-7-11-21(12-8-18)24(25)26/h5-12,14,16H,13H2,1-4H3/b19-14+/t16-/m0/s1. The number of rotatable bonds is 5. The summed E-state index contributed by atoms with van der Waals surface area (Å²) >= 11 is 0. The van der Waals surface area contributed by atoms with Crippen molar-refractivity contribution in [1.82, 2.24) is 0 Å². The molecule has 1 atom stereocenters. The highest BCUT2D eigenvalue weighted by molar-refractivity contribution is 5.77. The number of allylic oxidation sites excluding steroid dienone is 2. The van der Waals surface area contributed by atoms with Gasteiger partial charge in [0.2, 0.25) is 0 Å². The normalized spacial score (nSPS) is 13.1. The summed E-state index contributed by atoms with van der Waals surface area (Å²) < 4.78 is 0. The molecule has 0 aromatic heterocycles. The Morgan fingerprint density at radius 1 is 1.15 bits per heavy atom. The topological polar surface area (TPSA) is 66.9 Å². The van der Waals surface area contributed by atoms with Crippen LogP contribution in [0.5, 0.6) is 0 Å². The van der Waals surface area contributed by atoms with Gasteiger partial charge in [0, 0.05) is 12.1 Å². The molecule has 0 heterocycles. The van der Waals surface area contributed by atoms with E-state index >= 15 is 0 Å². The van der Waals surface area contributed by atoms with Crippen molar-refractivity contribution in [3.8, 4) is 6.07 Å². The summed E-state index contributed by atoms with van der Waals surface area (Å²) in [4.78, 5) is 10.3. The van der Waals surface area contributed by atoms with Crippen molar-refractivity contribution < 1.29 is 4.92 Å². The average Bonchev–Trinajstić information content (AvgIpc) is 2.59. The van der Waals surface area contributed by atoms with Gasteiger partial charge in [-0.25, -0.2) is 0 Å². The molecule has 0 N–H and O–H groups in total. The Kier molecular flexibility index (Phi) is 5.94. The third-order valence-corrected chi connectivity index (χ3v) is 4.34. The van der Waals surface area contributed by atoms with Crippen LogP contribution in [0.3, 0.4) is 0 Å². The summed E-state index contributed by atoms with van der Waals surface area (Å²) in [6.45, 7) is 8.64. The smallest absolute Gasteiger partial charge is 0.258 e. The van der Waals surface area contributed by atoms with Gasteiger partial charge in [-0.3, -0.25) is 10.1 Å². The number of hydrogen-bond donors (Lipinski definition) is 0. The van der Waals surface area contributed by atoms with Crippen molar-refractivity contribution in [2.24, 2.45) is 5.92 Å². The molecule has 0 aliphatic carbocycles. The predicted octanol–water partition coefficient (Wildman–Crippen LogP) is 5.68. The highest BCUT2D eigenvalue weighted by atomic mass is 16.6. The van der Waals surface area contributed by atoms with Crippen LogP contribution in [-0.2, 0) is 11.8 Å². The summed E-state index contributed by atoms with van der Waals surface area (Å²) in [5.74, 6) is 0.181. The number of nitrogens with zero attached hydrogens (tertiary/aromatic N) is 2. The molecule has 134 valence electrons. The molecule has 0 amide bonds. The summed E-state index contributed by atoms with van der Waals surface area (Å²) in [6, 6.07) is 16.9. The number of non-ortho nitro benzene ring substituents is 1. The highest BCUT2D eigenvalue weighted by Gasteiger charge is 2.13. The Bertz CT molecular complexity index is 836. The van der Waals surface area contributed by atoms with Crippen LogP contribution in [0.2, 0.25) is 0 Å². The van der Waals surface area contributed by atoms with Crippen molar-refractivity contribution in [3.05, 3.63) is 81.4 Å². The molecule has 2 aromatic carbocycles.